The minimum atomic E-state index is 0.314. The molecule has 1 aliphatic rings. The van der Waals surface area contributed by atoms with E-state index in [1.807, 2.05) is 0 Å². The molecule has 0 aliphatic heterocycles. The zero-order chi connectivity index (χ0) is 14.6. The fourth-order valence-electron chi connectivity index (χ4n) is 3.61. The summed E-state index contributed by atoms with van der Waals surface area (Å²) in [4.78, 5) is 0. The Kier molecular flexibility index (Phi) is 2.69. The van der Waals surface area contributed by atoms with Crippen LogP contribution in [0.3, 0.4) is 0 Å². The van der Waals surface area contributed by atoms with Gasteiger partial charge in [0.25, 0.3) is 0 Å². The Bertz CT molecular complexity index is 830. The van der Waals surface area contributed by atoms with Crippen molar-refractivity contribution in [2.75, 3.05) is 0 Å². The average Bonchev–Trinajstić information content (AvgIpc) is 2.97. The third-order valence-corrected chi connectivity index (χ3v) is 4.48. The van der Waals surface area contributed by atoms with Crippen LogP contribution in [0.1, 0.15) is 43.9 Å². The Labute approximate surface area is 126 Å². The minimum absolute atomic E-state index is 0.314. The second-order valence-corrected chi connectivity index (χ2v) is 7.64. The molecule has 0 saturated carbocycles. The molecule has 108 valence electrons. The van der Waals surface area contributed by atoms with E-state index in [1.54, 1.807) is 0 Å². The highest BCUT2D eigenvalue weighted by atomic mass is 16.3. The van der Waals surface area contributed by atoms with E-state index < -0.39 is 0 Å². The van der Waals surface area contributed by atoms with Crippen molar-refractivity contribution in [2.45, 2.75) is 46.5 Å². The van der Waals surface area contributed by atoms with Gasteiger partial charge in [-0.05, 0) is 72.1 Å². The zero-order valence-corrected chi connectivity index (χ0v) is 13.1. The molecular formula is C20H22O. The molecule has 0 atom stereocenters. The summed E-state index contributed by atoms with van der Waals surface area (Å²) in [5, 5.41) is 2.57. The van der Waals surface area contributed by atoms with Gasteiger partial charge in [-0.25, -0.2) is 0 Å². The van der Waals surface area contributed by atoms with Crippen LogP contribution in [0.4, 0.5) is 0 Å². The minimum Gasteiger partial charge on any atom is -0.456 e. The lowest BCUT2D eigenvalue weighted by molar-refractivity contribution is 0.411. The first-order valence-electron chi connectivity index (χ1n) is 7.97. The van der Waals surface area contributed by atoms with Crippen LogP contribution in [0.15, 0.2) is 34.7 Å². The van der Waals surface area contributed by atoms with Gasteiger partial charge in [0.1, 0.15) is 11.2 Å². The highest BCUT2D eigenvalue weighted by molar-refractivity contribution is 6.05. The van der Waals surface area contributed by atoms with Crippen LogP contribution in [0.25, 0.3) is 21.9 Å². The van der Waals surface area contributed by atoms with Crippen molar-refractivity contribution in [3.63, 3.8) is 0 Å². The molecule has 0 spiro atoms. The third kappa shape index (κ3) is 2.25. The predicted octanol–water partition coefficient (Wildman–Crippen LogP) is 5.66. The molecule has 0 fully saturated rings. The van der Waals surface area contributed by atoms with Crippen molar-refractivity contribution in [3.8, 4) is 0 Å². The number of hydrogen-bond donors (Lipinski definition) is 0. The van der Waals surface area contributed by atoms with Crippen molar-refractivity contribution < 1.29 is 4.42 Å². The van der Waals surface area contributed by atoms with Crippen LogP contribution < -0.4 is 0 Å². The molecule has 0 saturated heterocycles. The van der Waals surface area contributed by atoms with Gasteiger partial charge in [-0.2, -0.15) is 0 Å². The van der Waals surface area contributed by atoms with E-state index in [4.69, 9.17) is 4.42 Å². The Morgan fingerprint density at radius 2 is 1.62 bits per heavy atom. The molecular weight excluding hydrogens is 256 g/mol. The van der Waals surface area contributed by atoms with Crippen molar-refractivity contribution in [1.29, 1.82) is 0 Å². The molecule has 4 rings (SSSR count). The molecule has 2 aromatic carbocycles. The molecule has 0 N–H and O–H groups in total. The lowest BCUT2D eigenvalue weighted by atomic mass is 9.88. The summed E-state index contributed by atoms with van der Waals surface area (Å²) in [6.07, 6.45) is 4.81. The first kappa shape index (κ1) is 12.9. The molecule has 21 heavy (non-hydrogen) atoms. The summed E-state index contributed by atoms with van der Waals surface area (Å²) < 4.78 is 6.06. The smallest absolute Gasteiger partial charge is 0.135 e. The molecule has 0 radical (unpaired) electrons. The van der Waals surface area contributed by atoms with Crippen LogP contribution in [0.2, 0.25) is 0 Å². The molecule has 1 heterocycles. The predicted molar refractivity (Wildman–Crippen MR) is 88.9 cm³/mol. The van der Waals surface area contributed by atoms with Gasteiger partial charge < -0.3 is 4.42 Å². The summed E-state index contributed by atoms with van der Waals surface area (Å²) in [5.41, 5.74) is 6.79. The van der Waals surface area contributed by atoms with Crippen LogP contribution in [0.5, 0.6) is 0 Å². The number of aryl methyl sites for hydroxylation is 2. The molecule has 1 aromatic heterocycles. The van der Waals surface area contributed by atoms with Crippen molar-refractivity contribution >= 4 is 21.9 Å². The summed E-state index contributed by atoms with van der Waals surface area (Å²) in [5.74, 6) is 0. The Morgan fingerprint density at radius 1 is 0.905 bits per heavy atom. The number of rotatable bonds is 1. The van der Waals surface area contributed by atoms with E-state index in [1.165, 1.54) is 46.7 Å². The van der Waals surface area contributed by atoms with Crippen LogP contribution >= 0.6 is 0 Å². The van der Waals surface area contributed by atoms with Gasteiger partial charge in [0.05, 0.1) is 0 Å². The summed E-state index contributed by atoms with van der Waals surface area (Å²) in [6, 6.07) is 11.3. The fraction of sp³-hybridized carbons (Fsp3) is 0.400. The summed E-state index contributed by atoms with van der Waals surface area (Å²) >= 11 is 0. The van der Waals surface area contributed by atoms with Gasteiger partial charge >= 0.3 is 0 Å². The molecule has 3 aromatic rings. The van der Waals surface area contributed by atoms with Gasteiger partial charge in [-0.3, -0.25) is 0 Å². The number of furan rings is 1. The second kappa shape index (κ2) is 4.37. The molecule has 1 nitrogen and oxygen atoms in total. The lowest BCUT2D eigenvalue weighted by Gasteiger charge is -2.17. The SMILES string of the molecule is CC(C)(C)Cc1ccc2oc3cc4c(cc3c2c1)CCC4. The zero-order valence-electron chi connectivity index (χ0n) is 13.1. The average molecular weight is 278 g/mol. The fourth-order valence-corrected chi connectivity index (χ4v) is 3.61. The van der Waals surface area contributed by atoms with E-state index in [0.717, 1.165) is 17.6 Å². The van der Waals surface area contributed by atoms with E-state index in [0.29, 0.717) is 5.41 Å². The van der Waals surface area contributed by atoms with Gasteiger partial charge in [-0.1, -0.05) is 26.8 Å². The largest absolute Gasteiger partial charge is 0.456 e. The standard InChI is InChI=1S/C20H22O/c1-20(2,3)12-13-7-8-18-16(9-13)17-10-14-5-4-6-15(14)11-19(17)21-18/h7-11H,4-6,12H2,1-3H3. The molecule has 0 amide bonds. The van der Waals surface area contributed by atoms with E-state index in [-0.39, 0.29) is 0 Å². The quantitative estimate of drug-likeness (QED) is 0.559. The summed E-state index contributed by atoms with van der Waals surface area (Å²) in [7, 11) is 0. The van der Waals surface area contributed by atoms with Gasteiger partial charge in [0.2, 0.25) is 0 Å². The van der Waals surface area contributed by atoms with E-state index >= 15 is 0 Å². The molecule has 1 heteroatoms. The number of hydrogen-bond acceptors (Lipinski definition) is 1. The third-order valence-electron chi connectivity index (χ3n) is 4.48. The van der Waals surface area contributed by atoms with Crippen molar-refractivity contribution in [3.05, 3.63) is 47.0 Å². The first-order chi connectivity index (χ1) is 9.99. The maximum atomic E-state index is 6.06. The Hall–Kier alpha value is -1.76. The first-order valence-corrected chi connectivity index (χ1v) is 7.97. The second-order valence-electron chi connectivity index (χ2n) is 7.64. The molecule has 0 unspecified atom stereocenters. The Balaban J connectivity index is 1.91. The van der Waals surface area contributed by atoms with Gasteiger partial charge in [0, 0.05) is 10.8 Å². The number of fused-ring (bicyclic) bond motifs is 4. The Morgan fingerprint density at radius 3 is 2.38 bits per heavy atom. The van der Waals surface area contributed by atoms with Crippen LogP contribution in [-0.2, 0) is 19.3 Å². The van der Waals surface area contributed by atoms with Crippen molar-refractivity contribution in [2.24, 2.45) is 5.41 Å². The topological polar surface area (TPSA) is 13.1 Å². The van der Waals surface area contributed by atoms with Crippen molar-refractivity contribution in [1.82, 2.24) is 0 Å². The molecule has 1 aliphatic carbocycles. The highest BCUT2D eigenvalue weighted by Gasteiger charge is 2.17. The monoisotopic (exact) mass is 278 g/mol. The van der Waals surface area contributed by atoms with Gasteiger partial charge in [-0.15, -0.1) is 0 Å². The molecule has 0 bridgehead atoms. The van der Waals surface area contributed by atoms with E-state index in [2.05, 4.69) is 51.1 Å². The normalized spacial score (nSPS) is 15.0. The van der Waals surface area contributed by atoms with Crippen LogP contribution in [-0.4, -0.2) is 0 Å². The summed E-state index contributed by atoms with van der Waals surface area (Å²) in [6.45, 7) is 6.87. The maximum absolute atomic E-state index is 6.06. The highest BCUT2D eigenvalue weighted by Crippen LogP contribution is 2.35. The van der Waals surface area contributed by atoms with Gasteiger partial charge in [0.15, 0.2) is 0 Å². The number of benzene rings is 2. The maximum Gasteiger partial charge on any atom is 0.135 e. The van der Waals surface area contributed by atoms with Crippen LogP contribution in [0, 0.1) is 5.41 Å². The van der Waals surface area contributed by atoms with E-state index in [9.17, 15) is 0 Å². The lowest BCUT2D eigenvalue weighted by Crippen LogP contribution is -2.08.